The van der Waals surface area contributed by atoms with Gasteiger partial charge in [-0.1, -0.05) is 27.7 Å². The topological polar surface area (TPSA) is 3.24 Å². The summed E-state index contributed by atoms with van der Waals surface area (Å²) in [6, 6.07) is 0. The predicted molar refractivity (Wildman–Crippen MR) is 68.8 cm³/mol. The molecule has 104 valence electrons. The van der Waals surface area contributed by atoms with Gasteiger partial charge in [0.05, 0.1) is 5.41 Å². The molecule has 1 saturated carbocycles. The Kier molecular flexibility index (Phi) is 2.34. The molecule has 0 unspecified atom stereocenters. The van der Waals surface area contributed by atoms with Crippen LogP contribution in [-0.2, 0) is 0 Å². The van der Waals surface area contributed by atoms with Gasteiger partial charge in [-0.2, -0.15) is 0 Å². The molecule has 0 N–H and O–H groups in total. The fourth-order valence-corrected chi connectivity index (χ4v) is 4.75. The number of alkyl halides is 2. The Balaban J connectivity index is 1.94. The Morgan fingerprint density at radius 1 is 1.17 bits per heavy atom. The normalized spacial score (nSPS) is 44.8. The fourth-order valence-electron chi connectivity index (χ4n) is 4.75. The minimum Gasteiger partial charge on any atom is -0.296 e. The second-order valence-electron chi connectivity index (χ2n) is 8.02. The van der Waals surface area contributed by atoms with Crippen LogP contribution in [0.1, 0.15) is 53.4 Å². The lowest BCUT2D eigenvalue weighted by molar-refractivity contribution is 0.0541. The highest BCUT2D eigenvalue weighted by Gasteiger charge is 2.78. The lowest BCUT2D eigenvalue weighted by Crippen LogP contribution is -2.48. The predicted octanol–water partition coefficient (Wildman–Crippen LogP) is 3.93. The van der Waals surface area contributed by atoms with Crippen molar-refractivity contribution < 1.29 is 8.78 Å². The van der Waals surface area contributed by atoms with Crippen molar-refractivity contribution in [2.45, 2.75) is 64.8 Å². The van der Waals surface area contributed by atoms with Gasteiger partial charge in [0.15, 0.2) is 0 Å². The molecule has 3 aliphatic rings. The lowest BCUT2D eigenvalue weighted by atomic mass is 9.66. The van der Waals surface area contributed by atoms with Crippen LogP contribution in [0.25, 0.3) is 0 Å². The second-order valence-corrected chi connectivity index (χ2v) is 8.02. The summed E-state index contributed by atoms with van der Waals surface area (Å²) >= 11 is 0. The van der Waals surface area contributed by atoms with Crippen LogP contribution < -0.4 is 0 Å². The van der Waals surface area contributed by atoms with Crippen LogP contribution in [0.3, 0.4) is 0 Å². The van der Waals surface area contributed by atoms with Gasteiger partial charge < -0.3 is 0 Å². The number of nitrogens with zero attached hydrogens (tertiary/aromatic N) is 1. The Labute approximate surface area is 109 Å². The molecule has 2 heterocycles. The zero-order valence-electron chi connectivity index (χ0n) is 12.0. The van der Waals surface area contributed by atoms with Crippen LogP contribution in [0, 0.1) is 16.7 Å². The van der Waals surface area contributed by atoms with Crippen LogP contribution in [-0.4, -0.2) is 29.5 Å². The van der Waals surface area contributed by atoms with Gasteiger partial charge in [0.2, 0.25) is 0 Å². The minimum atomic E-state index is -2.39. The van der Waals surface area contributed by atoms with Crippen molar-refractivity contribution in [1.82, 2.24) is 4.90 Å². The molecule has 3 fully saturated rings. The van der Waals surface area contributed by atoms with Crippen molar-refractivity contribution in [2.75, 3.05) is 13.1 Å². The summed E-state index contributed by atoms with van der Waals surface area (Å²) in [6.07, 6.45) is 3.07. The molecular formula is C15H25F2N. The van der Waals surface area contributed by atoms with Crippen LogP contribution in [0.5, 0.6) is 0 Å². The first-order chi connectivity index (χ1) is 8.14. The summed E-state index contributed by atoms with van der Waals surface area (Å²) in [7, 11) is 0. The summed E-state index contributed by atoms with van der Waals surface area (Å²) in [6.45, 7) is 10.7. The van der Waals surface area contributed by atoms with Gasteiger partial charge in [-0.15, -0.1) is 0 Å². The molecule has 1 nitrogen and oxygen atoms in total. The van der Waals surface area contributed by atoms with Crippen LogP contribution >= 0.6 is 0 Å². The first-order valence-corrected chi connectivity index (χ1v) is 7.27. The molecule has 0 aromatic carbocycles. The molecule has 1 spiro atoms. The molecule has 0 radical (unpaired) electrons. The summed E-state index contributed by atoms with van der Waals surface area (Å²) in [5.74, 6) is -1.82. The molecule has 2 aliphatic heterocycles. The maximum atomic E-state index is 13.7. The third-order valence-corrected chi connectivity index (χ3v) is 5.95. The smallest absolute Gasteiger partial charge is 0.255 e. The molecule has 3 rings (SSSR count). The molecule has 1 aliphatic carbocycles. The quantitative estimate of drug-likeness (QED) is 0.724. The molecule has 0 aromatic rings. The van der Waals surface area contributed by atoms with E-state index >= 15 is 0 Å². The van der Waals surface area contributed by atoms with Gasteiger partial charge in [0.25, 0.3) is 5.92 Å². The van der Waals surface area contributed by atoms with E-state index in [0.717, 1.165) is 25.8 Å². The number of hydrogen-bond acceptors (Lipinski definition) is 1. The Morgan fingerprint density at radius 3 is 2.28 bits per heavy atom. The zero-order chi connectivity index (χ0) is 13.4. The van der Waals surface area contributed by atoms with E-state index in [9.17, 15) is 8.78 Å². The maximum absolute atomic E-state index is 13.7. The van der Waals surface area contributed by atoms with Gasteiger partial charge >= 0.3 is 0 Å². The van der Waals surface area contributed by atoms with Gasteiger partial charge in [-0.05, 0) is 37.1 Å². The van der Waals surface area contributed by atoms with Crippen molar-refractivity contribution in [3.05, 3.63) is 0 Å². The molecule has 0 bridgehead atoms. The van der Waals surface area contributed by atoms with Crippen molar-refractivity contribution in [2.24, 2.45) is 16.7 Å². The Morgan fingerprint density at radius 2 is 1.78 bits per heavy atom. The first-order valence-electron chi connectivity index (χ1n) is 7.27. The SMILES string of the molecule is CC(C)C[C@]12C[C@]3(CN1CCC2(C)C)CC3(F)F. The summed E-state index contributed by atoms with van der Waals surface area (Å²) in [5.41, 5.74) is -0.458. The van der Waals surface area contributed by atoms with Gasteiger partial charge in [0.1, 0.15) is 0 Å². The van der Waals surface area contributed by atoms with E-state index in [2.05, 4.69) is 32.6 Å². The number of halogens is 2. The van der Waals surface area contributed by atoms with Crippen molar-refractivity contribution >= 4 is 0 Å². The van der Waals surface area contributed by atoms with E-state index < -0.39 is 11.3 Å². The molecule has 0 aromatic heterocycles. The zero-order valence-corrected chi connectivity index (χ0v) is 12.0. The third kappa shape index (κ3) is 1.40. The molecule has 0 amide bonds. The standard InChI is InChI=1S/C15H25F2N/c1-11(2)7-14-8-13(9-15(13,16)17)10-18(14)6-5-12(14,3)4/h11H,5-10H2,1-4H3/t13-,14-/m1/s1. The monoisotopic (exact) mass is 257 g/mol. The van der Waals surface area contributed by atoms with Gasteiger partial charge in [-0.25, -0.2) is 8.78 Å². The van der Waals surface area contributed by atoms with Crippen LogP contribution in [0.4, 0.5) is 8.78 Å². The molecule has 2 saturated heterocycles. The number of hydrogen-bond donors (Lipinski definition) is 0. The van der Waals surface area contributed by atoms with Crippen molar-refractivity contribution in [3.8, 4) is 0 Å². The van der Waals surface area contributed by atoms with Crippen LogP contribution in [0.2, 0.25) is 0 Å². The average molecular weight is 257 g/mol. The summed E-state index contributed by atoms with van der Waals surface area (Å²) < 4.78 is 27.5. The first kappa shape index (κ1) is 12.8. The highest BCUT2D eigenvalue weighted by Crippen LogP contribution is 2.72. The summed E-state index contributed by atoms with van der Waals surface area (Å²) in [5, 5.41) is 0. The fraction of sp³-hybridized carbons (Fsp3) is 1.00. The van der Waals surface area contributed by atoms with Crippen LogP contribution in [0.15, 0.2) is 0 Å². The molecule has 2 atom stereocenters. The Hall–Kier alpha value is -0.180. The number of rotatable bonds is 2. The van der Waals surface area contributed by atoms with Crippen molar-refractivity contribution in [1.29, 1.82) is 0 Å². The molecule has 18 heavy (non-hydrogen) atoms. The van der Waals surface area contributed by atoms with E-state index in [1.807, 2.05) is 0 Å². The molecule has 3 heteroatoms. The average Bonchev–Trinajstić information content (AvgIpc) is 2.48. The molecular weight excluding hydrogens is 232 g/mol. The van der Waals surface area contributed by atoms with E-state index in [4.69, 9.17) is 0 Å². The second kappa shape index (κ2) is 3.28. The third-order valence-electron chi connectivity index (χ3n) is 5.95. The lowest BCUT2D eigenvalue weighted by Gasteiger charge is -2.44. The van der Waals surface area contributed by atoms with E-state index in [1.54, 1.807) is 0 Å². The van der Waals surface area contributed by atoms with E-state index in [1.165, 1.54) is 0 Å². The van der Waals surface area contributed by atoms with Gasteiger partial charge in [-0.3, -0.25) is 4.90 Å². The highest BCUT2D eigenvalue weighted by atomic mass is 19.3. The Bertz CT molecular complexity index is 377. The largest absolute Gasteiger partial charge is 0.296 e. The summed E-state index contributed by atoms with van der Waals surface area (Å²) in [4.78, 5) is 2.41. The van der Waals surface area contributed by atoms with Crippen molar-refractivity contribution in [3.63, 3.8) is 0 Å². The highest BCUT2D eigenvalue weighted by molar-refractivity contribution is 5.25. The number of fused-ring (bicyclic) bond motifs is 1. The van der Waals surface area contributed by atoms with E-state index in [0.29, 0.717) is 12.5 Å². The van der Waals surface area contributed by atoms with Gasteiger partial charge in [0, 0.05) is 18.5 Å². The minimum absolute atomic E-state index is 0.0289. The maximum Gasteiger partial charge on any atom is 0.255 e. The van der Waals surface area contributed by atoms with E-state index in [-0.39, 0.29) is 17.4 Å².